The molecule has 1 atom stereocenters. The third-order valence-electron chi connectivity index (χ3n) is 2.43. The number of Topliss-reactive ketones (excluding diaryl/α,β-unsaturated/α-hetero) is 2. The molecule has 0 spiro atoms. The van der Waals surface area contributed by atoms with E-state index in [-0.39, 0.29) is 49.8 Å². The molecule has 7 nitrogen and oxygen atoms in total. The number of nitrogens with two attached hydrogens (primary N) is 1. The summed E-state index contributed by atoms with van der Waals surface area (Å²) < 4.78 is 0. The Balaban J connectivity index is 4.13. The van der Waals surface area contributed by atoms with Crippen molar-refractivity contribution in [3.05, 3.63) is 0 Å². The van der Waals surface area contributed by atoms with Gasteiger partial charge in [-0.3, -0.25) is 14.4 Å². The van der Waals surface area contributed by atoms with Gasteiger partial charge in [-0.25, -0.2) is 0 Å². The molecule has 0 aromatic heterocycles. The molecule has 0 saturated heterocycles. The van der Waals surface area contributed by atoms with E-state index in [0.717, 1.165) is 0 Å². The summed E-state index contributed by atoms with van der Waals surface area (Å²) in [6.07, 6.45) is 0.644. The minimum Gasteiger partial charge on any atom is -0.347 e. The van der Waals surface area contributed by atoms with Crippen LogP contribution in [0.4, 0.5) is 0 Å². The summed E-state index contributed by atoms with van der Waals surface area (Å²) in [5.41, 5.74) is 5.19. The predicted molar refractivity (Wildman–Crippen MR) is 69.2 cm³/mol. The molecule has 0 aliphatic heterocycles. The van der Waals surface area contributed by atoms with Crippen molar-refractivity contribution in [1.29, 1.82) is 0 Å². The molecule has 1 unspecified atom stereocenters. The summed E-state index contributed by atoms with van der Waals surface area (Å²) in [6, 6.07) is -0.692. The first kappa shape index (κ1) is 17.2. The first-order valence-electron chi connectivity index (χ1n) is 6.12. The average Bonchev–Trinajstić information content (AvgIpc) is 2.31. The highest BCUT2D eigenvalue weighted by Gasteiger charge is 2.17. The van der Waals surface area contributed by atoms with Gasteiger partial charge >= 0.3 is 0 Å². The summed E-state index contributed by atoms with van der Waals surface area (Å²) in [5, 5.41) is 4.87. The zero-order chi connectivity index (χ0) is 14.8. The second-order valence-electron chi connectivity index (χ2n) is 4.29. The Labute approximate surface area is 112 Å². The van der Waals surface area contributed by atoms with Gasteiger partial charge in [-0.1, -0.05) is 0 Å². The topological polar surface area (TPSA) is 118 Å². The molecule has 0 rings (SSSR count). The molecule has 4 N–H and O–H groups in total. The molecule has 0 aromatic rings. The molecule has 0 fully saturated rings. The van der Waals surface area contributed by atoms with Crippen LogP contribution < -0.4 is 16.4 Å². The summed E-state index contributed by atoms with van der Waals surface area (Å²) in [5.74, 6) is -1.05. The average molecular weight is 271 g/mol. The van der Waals surface area contributed by atoms with Crippen molar-refractivity contribution in [3.8, 4) is 0 Å². The van der Waals surface area contributed by atoms with Crippen molar-refractivity contribution in [1.82, 2.24) is 10.6 Å². The lowest BCUT2D eigenvalue weighted by molar-refractivity contribution is -0.128. The van der Waals surface area contributed by atoms with E-state index in [9.17, 15) is 19.2 Å². The van der Waals surface area contributed by atoms with Crippen LogP contribution in [0.15, 0.2) is 0 Å². The zero-order valence-corrected chi connectivity index (χ0v) is 11.3. The van der Waals surface area contributed by atoms with Crippen molar-refractivity contribution < 1.29 is 19.2 Å². The molecule has 108 valence electrons. The fraction of sp³-hybridized carbons (Fsp3) is 0.667. The van der Waals surface area contributed by atoms with Crippen LogP contribution in [0.3, 0.4) is 0 Å². The molecule has 0 aliphatic rings. The number of nitrogens with one attached hydrogen (secondary N) is 2. The highest BCUT2D eigenvalue weighted by atomic mass is 16.2. The minimum atomic E-state index is -0.692. The van der Waals surface area contributed by atoms with E-state index in [1.54, 1.807) is 0 Å². The Morgan fingerprint density at radius 1 is 1.05 bits per heavy atom. The minimum absolute atomic E-state index is 0.0447. The maximum atomic E-state index is 11.5. The molecule has 2 amide bonds. The molecule has 0 aliphatic carbocycles. The lowest BCUT2D eigenvalue weighted by atomic mass is 10.1. The van der Waals surface area contributed by atoms with Gasteiger partial charge in [0.25, 0.3) is 0 Å². The number of hydrogen-bond acceptors (Lipinski definition) is 5. The van der Waals surface area contributed by atoms with Crippen molar-refractivity contribution >= 4 is 23.4 Å². The van der Waals surface area contributed by atoms with Crippen LogP contribution in [0.5, 0.6) is 0 Å². The van der Waals surface area contributed by atoms with Crippen LogP contribution in [0.2, 0.25) is 0 Å². The van der Waals surface area contributed by atoms with E-state index < -0.39 is 11.9 Å². The molecule has 0 saturated carbocycles. The maximum absolute atomic E-state index is 11.5. The fourth-order valence-corrected chi connectivity index (χ4v) is 1.37. The highest BCUT2D eigenvalue weighted by molar-refractivity contribution is 5.90. The molecule has 7 heteroatoms. The van der Waals surface area contributed by atoms with E-state index >= 15 is 0 Å². The number of carbonyl (C=O) groups is 4. The summed E-state index contributed by atoms with van der Waals surface area (Å²) in [7, 11) is 0. The van der Waals surface area contributed by atoms with Crippen molar-refractivity contribution in [2.45, 2.75) is 39.2 Å². The Morgan fingerprint density at radius 3 is 2.16 bits per heavy atom. The van der Waals surface area contributed by atoms with Gasteiger partial charge in [0.05, 0.1) is 12.6 Å². The number of amides is 2. The van der Waals surface area contributed by atoms with Crippen LogP contribution in [0.25, 0.3) is 0 Å². The number of rotatable bonds is 9. The third kappa shape index (κ3) is 8.90. The first-order valence-corrected chi connectivity index (χ1v) is 6.12. The monoisotopic (exact) mass is 271 g/mol. The van der Waals surface area contributed by atoms with Crippen LogP contribution >= 0.6 is 0 Å². The number of hydrogen-bond donors (Lipinski definition) is 3. The van der Waals surface area contributed by atoms with Gasteiger partial charge in [-0.2, -0.15) is 0 Å². The molecule has 0 aromatic carbocycles. The second-order valence-corrected chi connectivity index (χ2v) is 4.29. The lowest BCUT2D eigenvalue weighted by Crippen LogP contribution is -2.45. The predicted octanol–water partition coefficient (Wildman–Crippen LogP) is -1.11. The standard InChI is InChI=1S/C12H21N3O4/c1-8(16)3-4-10(9(2)17)15-12(19)7-14-11(18)5-6-13/h10H,3-7,13H2,1-2H3,(H,14,18)(H,15,19). The van der Waals surface area contributed by atoms with Gasteiger partial charge in [0.2, 0.25) is 11.8 Å². The van der Waals surface area contributed by atoms with Gasteiger partial charge in [0.1, 0.15) is 5.78 Å². The molecular weight excluding hydrogens is 250 g/mol. The fourth-order valence-electron chi connectivity index (χ4n) is 1.37. The van der Waals surface area contributed by atoms with Crippen molar-refractivity contribution in [3.63, 3.8) is 0 Å². The summed E-state index contributed by atoms with van der Waals surface area (Å²) in [4.78, 5) is 44.8. The Hall–Kier alpha value is -1.76. The maximum Gasteiger partial charge on any atom is 0.239 e. The quantitative estimate of drug-likeness (QED) is 0.491. The third-order valence-corrected chi connectivity index (χ3v) is 2.43. The Kier molecular flexibility index (Phi) is 8.35. The van der Waals surface area contributed by atoms with Gasteiger partial charge in [-0.05, 0) is 20.3 Å². The molecule has 19 heavy (non-hydrogen) atoms. The number of carbonyl (C=O) groups excluding carboxylic acids is 4. The summed E-state index contributed by atoms with van der Waals surface area (Å²) in [6.45, 7) is 2.77. The van der Waals surface area contributed by atoms with Gasteiger partial charge in [0, 0.05) is 19.4 Å². The summed E-state index contributed by atoms with van der Waals surface area (Å²) >= 11 is 0. The van der Waals surface area contributed by atoms with Crippen molar-refractivity contribution in [2.24, 2.45) is 5.73 Å². The number of ketones is 2. The van der Waals surface area contributed by atoms with E-state index in [1.807, 2.05) is 0 Å². The van der Waals surface area contributed by atoms with Crippen LogP contribution in [-0.4, -0.2) is 42.5 Å². The SMILES string of the molecule is CC(=O)CCC(NC(=O)CNC(=O)CCN)C(C)=O. The molecular formula is C12H21N3O4. The van der Waals surface area contributed by atoms with Gasteiger partial charge in [0.15, 0.2) is 5.78 Å². The lowest BCUT2D eigenvalue weighted by Gasteiger charge is -2.15. The molecule has 0 bridgehead atoms. The largest absolute Gasteiger partial charge is 0.347 e. The Bertz CT molecular complexity index is 355. The van der Waals surface area contributed by atoms with Gasteiger partial charge in [-0.15, -0.1) is 0 Å². The van der Waals surface area contributed by atoms with Crippen LogP contribution in [0.1, 0.15) is 33.1 Å². The molecule has 0 heterocycles. The van der Waals surface area contributed by atoms with Crippen LogP contribution in [0, 0.1) is 0 Å². The second kappa shape index (κ2) is 9.21. The normalized spacial score (nSPS) is 11.5. The zero-order valence-electron chi connectivity index (χ0n) is 11.3. The van der Waals surface area contributed by atoms with Crippen LogP contribution in [-0.2, 0) is 19.2 Å². The molecule has 0 radical (unpaired) electrons. The van der Waals surface area contributed by atoms with Gasteiger partial charge < -0.3 is 21.2 Å². The van der Waals surface area contributed by atoms with Crippen molar-refractivity contribution in [2.75, 3.05) is 13.1 Å². The Morgan fingerprint density at radius 2 is 1.68 bits per heavy atom. The van der Waals surface area contributed by atoms with E-state index in [2.05, 4.69) is 10.6 Å². The van der Waals surface area contributed by atoms with E-state index in [4.69, 9.17) is 5.73 Å². The van der Waals surface area contributed by atoms with E-state index in [1.165, 1.54) is 13.8 Å². The smallest absolute Gasteiger partial charge is 0.239 e. The highest BCUT2D eigenvalue weighted by Crippen LogP contribution is 1.99. The first-order chi connectivity index (χ1) is 8.86. The van der Waals surface area contributed by atoms with E-state index in [0.29, 0.717) is 0 Å².